The molecule has 0 spiro atoms. The average Bonchev–Trinajstić information content (AvgIpc) is 3.04. The second-order valence-electron chi connectivity index (χ2n) is 5.23. The van der Waals surface area contributed by atoms with Crippen molar-refractivity contribution in [3.05, 3.63) is 77.5 Å². The van der Waals surface area contributed by atoms with E-state index < -0.39 is 0 Å². The first-order chi connectivity index (χ1) is 12.1. The number of nitrogens with one attached hydrogen (secondary N) is 2. The van der Waals surface area contributed by atoms with Crippen LogP contribution in [0.3, 0.4) is 0 Å². The molecule has 0 atom stereocenters. The van der Waals surface area contributed by atoms with E-state index in [0.29, 0.717) is 27.7 Å². The average molecular weight is 355 g/mol. The number of hydrogen-bond acceptors (Lipinski definition) is 5. The summed E-state index contributed by atoms with van der Waals surface area (Å²) in [5, 5.41) is 10.3. The zero-order valence-corrected chi connectivity index (χ0v) is 14.1. The topological polar surface area (TPSA) is 80.0 Å². The number of benzene rings is 1. The van der Waals surface area contributed by atoms with E-state index in [1.807, 2.05) is 12.1 Å². The molecule has 0 aliphatic heterocycles. The van der Waals surface area contributed by atoms with Crippen molar-refractivity contribution >= 4 is 34.5 Å². The minimum atomic E-state index is -0.330. The van der Waals surface area contributed by atoms with Gasteiger partial charge in [0, 0.05) is 41.1 Å². The molecule has 0 bridgehead atoms. The van der Waals surface area contributed by atoms with E-state index >= 15 is 0 Å². The van der Waals surface area contributed by atoms with Crippen LogP contribution < -0.4 is 10.6 Å². The van der Waals surface area contributed by atoms with Gasteiger partial charge in [0.1, 0.15) is 5.57 Å². The molecule has 0 aliphatic rings. The largest absolute Gasteiger partial charge is 0.361 e. The molecule has 0 radical (unpaired) electrons. The van der Waals surface area contributed by atoms with Crippen LogP contribution in [0, 0.1) is 6.92 Å². The SMILES string of the molecule is Cc1cc(/C(=C/Nc2ccc(Cl)cc2)C(=O)Nc2ccncc2)on1. The second-order valence-corrected chi connectivity index (χ2v) is 5.67. The third-order valence-corrected chi connectivity index (χ3v) is 3.56. The molecule has 2 aromatic heterocycles. The molecular formula is C18H15ClN4O2. The van der Waals surface area contributed by atoms with Crippen molar-refractivity contribution in [2.24, 2.45) is 0 Å². The lowest BCUT2D eigenvalue weighted by Crippen LogP contribution is -2.14. The van der Waals surface area contributed by atoms with Gasteiger partial charge in [0.25, 0.3) is 5.91 Å². The summed E-state index contributed by atoms with van der Waals surface area (Å²) < 4.78 is 5.24. The lowest BCUT2D eigenvalue weighted by atomic mass is 10.2. The molecule has 2 heterocycles. The standard InChI is InChI=1S/C18H15ClN4O2/c1-12-10-17(25-23-12)16(11-21-14-4-2-13(19)3-5-14)18(24)22-15-6-8-20-9-7-15/h2-11,21H,1H3,(H,20,22,24)/b16-11-. The van der Waals surface area contributed by atoms with Gasteiger partial charge in [0.05, 0.1) is 5.69 Å². The molecule has 0 saturated carbocycles. The molecule has 6 nitrogen and oxygen atoms in total. The minimum Gasteiger partial charge on any atom is -0.361 e. The number of nitrogens with zero attached hydrogens (tertiary/aromatic N) is 2. The van der Waals surface area contributed by atoms with Crippen LogP contribution >= 0.6 is 11.6 Å². The Morgan fingerprint density at radius 1 is 1.12 bits per heavy atom. The van der Waals surface area contributed by atoms with Crippen LogP contribution in [0.15, 0.2) is 65.6 Å². The van der Waals surface area contributed by atoms with Crippen LogP contribution in [-0.2, 0) is 4.79 Å². The number of halogens is 1. The fraction of sp³-hybridized carbons (Fsp3) is 0.0556. The Labute approximate surface area is 149 Å². The number of aromatic nitrogens is 2. The highest BCUT2D eigenvalue weighted by Gasteiger charge is 2.17. The summed E-state index contributed by atoms with van der Waals surface area (Å²) in [5.74, 6) is 0.0364. The summed E-state index contributed by atoms with van der Waals surface area (Å²) >= 11 is 5.88. The smallest absolute Gasteiger partial charge is 0.261 e. The fourth-order valence-corrected chi connectivity index (χ4v) is 2.20. The van der Waals surface area contributed by atoms with Gasteiger partial charge >= 0.3 is 0 Å². The number of carbonyl (C=O) groups is 1. The summed E-state index contributed by atoms with van der Waals surface area (Å²) in [6, 6.07) is 12.2. The van der Waals surface area contributed by atoms with Crippen molar-refractivity contribution < 1.29 is 9.32 Å². The number of hydrogen-bond donors (Lipinski definition) is 2. The monoisotopic (exact) mass is 354 g/mol. The lowest BCUT2D eigenvalue weighted by molar-refractivity contribution is -0.111. The Bertz CT molecular complexity index is 889. The van der Waals surface area contributed by atoms with Crippen LogP contribution in [0.4, 0.5) is 11.4 Å². The van der Waals surface area contributed by atoms with E-state index in [9.17, 15) is 4.79 Å². The first kappa shape index (κ1) is 16.7. The molecule has 2 N–H and O–H groups in total. The van der Waals surface area contributed by atoms with Gasteiger partial charge in [0.2, 0.25) is 0 Å². The van der Waals surface area contributed by atoms with E-state index in [2.05, 4.69) is 20.8 Å². The quantitative estimate of drug-likeness (QED) is 0.673. The van der Waals surface area contributed by atoms with Crippen molar-refractivity contribution in [1.29, 1.82) is 0 Å². The molecule has 1 aromatic carbocycles. The van der Waals surface area contributed by atoms with Crippen molar-refractivity contribution in [1.82, 2.24) is 10.1 Å². The molecule has 0 unspecified atom stereocenters. The van der Waals surface area contributed by atoms with Crippen LogP contribution in [0.25, 0.3) is 5.57 Å². The van der Waals surface area contributed by atoms with Gasteiger partial charge in [-0.3, -0.25) is 9.78 Å². The van der Waals surface area contributed by atoms with Crippen LogP contribution in [0.5, 0.6) is 0 Å². The first-order valence-electron chi connectivity index (χ1n) is 7.49. The van der Waals surface area contributed by atoms with Gasteiger partial charge in [-0.2, -0.15) is 0 Å². The highest BCUT2D eigenvalue weighted by molar-refractivity contribution is 6.30. The minimum absolute atomic E-state index is 0.312. The highest BCUT2D eigenvalue weighted by Crippen LogP contribution is 2.20. The third-order valence-electron chi connectivity index (χ3n) is 3.30. The number of rotatable bonds is 5. The zero-order chi connectivity index (χ0) is 17.6. The number of pyridine rings is 1. The van der Waals surface area contributed by atoms with E-state index in [0.717, 1.165) is 5.69 Å². The van der Waals surface area contributed by atoms with E-state index in [-0.39, 0.29) is 5.91 Å². The van der Waals surface area contributed by atoms with Crippen molar-refractivity contribution in [3.63, 3.8) is 0 Å². The van der Waals surface area contributed by atoms with Gasteiger partial charge in [0.15, 0.2) is 5.76 Å². The van der Waals surface area contributed by atoms with Crippen LogP contribution in [-0.4, -0.2) is 16.0 Å². The maximum Gasteiger partial charge on any atom is 0.261 e. The van der Waals surface area contributed by atoms with Crippen molar-refractivity contribution in [2.45, 2.75) is 6.92 Å². The predicted octanol–water partition coefficient (Wildman–Crippen LogP) is 4.12. The predicted molar refractivity (Wildman–Crippen MR) is 97.2 cm³/mol. The van der Waals surface area contributed by atoms with E-state index in [1.165, 1.54) is 0 Å². The Balaban J connectivity index is 1.85. The zero-order valence-electron chi connectivity index (χ0n) is 13.4. The van der Waals surface area contributed by atoms with Gasteiger partial charge in [-0.05, 0) is 43.3 Å². The summed E-state index contributed by atoms with van der Waals surface area (Å²) in [7, 11) is 0. The molecule has 126 valence electrons. The van der Waals surface area contributed by atoms with Gasteiger partial charge < -0.3 is 15.2 Å². The molecule has 0 aliphatic carbocycles. The summed E-state index contributed by atoms with van der Waals surface area (Å²) in [5.41, 5.74) is 2.42. The lowest BCUT2D eigenvalue weighted by Gasteiger charge is -2.08. The van der Waals surface area contributed by atoms with E-state index in [1.54, 1.807) is 55.8 Å². The van der Waals surface area contributed by atoms with Crippen LogP contribution in [0.2, 0.25) is 5.02 Å². The van der Waals surface area contributed by atoms with Crippen molar-refractivity contribution in [2.75, 3.05) is 10.6 Å². The molecule has 7 heteroatoms. The normalized spacial score (nSPS) is 11.2. The van der Waals surface area contributed by atoms with E-state index in [4.69, 9.17) is 16.1 Å². The molecule has 0 saturated heterocycles. The Kier molecular flexibility index (Phi) is 5.11. The van der Waals surface area contributed by atoms with Gasteiger partial charge in [-0.25, -0.2) is 0 Å². The summed E-state index contributed by atoms with van der Waals surface area (Å²) in [4.78, 5) is 16.6. The Hall–Kier alpha value is -3.12. The third kappa shape index (κ3) is 4.45. The molecule has 3 aromatic rings. The number of amides is 1. The second kappa shape index (κ2) is 7.63. The molecule has 1 amide bonds. The summed E-state index contributed by atoms with van der Waals surface area (Å²) in [6.45, 7) is 1.79. The fourth-order valence-electron chi connectivity index (χ4n) is 2.07. The number of carbonyl (C=O) groups excluding carboxylic acids is 1. The molecule has 3 rings (SSSR count). The van der Waals surface area contributed by atoms with Crippen LogP contribution in [0.1, 0.15) is 11.5 Å². The van der Waals surface area contributed by atoms with Gasteiger partial charge in [-0.15, -0.1) is 0 Å². The summed E-state index contributed by atoms with van der Waals surface area (Å²) in [6.07, 6.45) is 4.77. The Morgan fingerprint density at radius 2 is 1.84 bits per heavy atom. The number of anilines is 2. The molecule has 25 heavy (non-hydrogen) atoms. The molecule has 0 fully saturated rings. The number of aryl methyl sites for hydroxylation is 1. The maximum absolute atomic E-state index is 12.6. The highest BCUT2D eigenvalue weighted by atomic mass is 35.5. The van der Waals surface area contributed by atoms with Crippen molar-refractivity contribution in [3.8, 4) is 0 Å². The van der Waals surface area contributed by atoms with Gasteiger partial charge in [-0.1, -0.05) is 16.8 Å². The maximum atomic E-state index is 12.6. The first-order valence-corrected chi connectivity index (χ1v) is 7.87. The molecular weight excluding hydrogens is 340 g/mol. The Morgan fingerprint density at radius 3 is 2.48 bits per heavy atom.